The fourth-order valence-electron chi connectivity index (χ4n) is 3.41. The van der Waals surface area contributed by atoms with Gasteiger partial charge in [0, 0.05) is 35.0 Å². The van der Waals surface area contributed by atoms with E-state index in [1.807, 2.05) is 42.6 Å². The van der Waals surface area contributed by atoms with Gasteiger partial charge >= 0.3 is 0 Å². The molecule has 0 aliphatic heterocycles. The third kappa shape index (κ3) is 4.52. The second-order valence-corrected chi connectivity index (χ2v) is 7.98. The van der Waals surface area contributed by atoms with Gasteiger partial charge in [0.25, 0.3) is 0 Å². The lowest BCUT2D eigenvalue weighted by Gasteiger charge is -1.96. The molecule has 0 aliphatic rings. The molecule has 0 amide bonds. The first kappa shape index (κ1) is 19.2. The number of para-hydroxylation sites is 1. The molecule has 0 unspecified atom stereocenters. The summed E-state index contributed by atoms with van der Waals surface area (Å²) in [5, 5.41) is 5.46. The molecular weight excluding hydrogens is 400 g/mol. The van der Waals surface area contributed by atoms with Crippen LogP contribution in [0, 0.1) is 0 Å². The zero-order valence-corrected chi connectivity index (χ0v) is 17.6. The van der Waals surface area contributed by atoms with Gasteiger partial charge < -0.3 is 4.98 Å². The lowest BCUT2D eigenvalue weighted by atomic mass is 10.1. The third-order valence-electron chi connectivity index (χ3n) is 4.91. The van der Waals surface area contributed by atoms with Crippen molar-refractivity contribution < 1.29 is 0 Å². The van der Waals surface area contributed by atoms with Gasteiger partial charge in [0.1, 0.15) is 10.7 Å². The second-order valence-electron chi connectivity index (χ2n) is 7.13. The van der Waals surface area contributed by atoms with Crippen LogP contribution in [0.3, 0.4) is 0 Å². The molecule has 4 heterocycles. The van der Waals surface area contributed by atoms with Crippen LogP contribution in [0.25, 0.3) is 32.6 Å². The highest BCUT2D eigenvalue weighted by atomic mass is 32.1. The summed E-state index contributed by atoms with van der Waals surface area (Å²) in [4.78, 5) is 16.6. The summed E-state index contributed by atoms with van der Waals surface area (Å²) >= 11 is 1.67. The van der Waals surface area contributed by atoms with Gasteiger partial charge in [-0.25, -0.2) is 9.97 Å². The zero-order chi connectivity index (χ0) is 20.9. The van der Waals surface area contributed by atoms with Crippen molar-refractivity contribution in [2.45, 2.75) is 6.42 Å². The summed E-state index contributed by atoms with van der Waals surface area (Å²) in [5.41, 5.74) is 5.39. The van der Waals surface area contributed by atoms with Crippen LogP contribution in [0.5, 0.6) is 0 Å². The van der Waals surface area contributed by atoms with Gasteiger partial charge in [0.2, 0.25) is 0 Å². The number of nitrogens with one attached hydrogen (secondary N) is 1. The molecule has 5 heteroatoms. The van der Waals surface area contributed by atoms with Crippen LogP contribution >= 0.6 is 11.3 Å². The van der Waals surface area contributed by atoms with E-state index in [9.17, 15) is 0 Å². The van der Waals surface area contributed by atoms with E-state index in [1.54, 1.807) is 17.5 Å². The summed E-state index contributed by atoms with van der Waals surface area (Å²) < 4.78 is 0. The predicted molar refractivity (Wildman–Crippen MR) is 128 cm³/mol. The van der Waals surface area contributed by atoms with Crippen LogP contribution in [0.15, 0.2) is 103 Å². The van der Waals surface area contributed by atoms with Crippen molar-refractivity contribution in [2.24, 2.45) is 0 Å². The lowest BCUT2D eigenvalue weighted by Crippen LogP contribution is -1.87. The van der Waals surface area contributed by atoms with Crippen LogP contribution in [0.2, 0.25) is 0 Å². The zero-order valence-electron chi connectivity index (χ0n) is 16.8. The van der Waals surface area contributed by atoms with E-state index < -0.39 is 0 Å². The van der Waals surface area contributed by atoms with E-state index in [1.165, 1.54) is 10.9 Å². The Morgan fingerprint density at radius 2 is 1.48 bits per heavy atom. The van der Waals surface area contributed by atoms with Crippen LogP contribution in [-0.4, -0.2) is 19.9 Å². The minimum absolute atomic E-state index is 0.871. The van der Waals surface area contributed by atoms with E-state index in [2.05, 4.69) is 68.9 Å². The molecule has 0 spiro atoms. The molecule has 0 saturated carbocycles. The Balaban J connectivity index is 0.000000171. The maximum absolute atomic E-state index is 4.73. The molecule has 31 heavy (non-hydrogen) atoms. The van der Waals surface area contributed by atoms with Crippen LogP contribution < -0.4 is 0 Å². The first-order valence-corrected chi connectivity index (χ1v) is 11.0. The first-order valence-electron chi connectivity index (χ1n) is 10.1. The Labute approximate surface area is 184 Å². The van der Waals surface area contributed by atoms with Crippen molar-refractivity contribution in [1.82, 2.24) is 19.9 Å². The maximum Gasteiger partial charge on any atom is 0.140 e. The quantitative estimate of drug-likeness (QED) is 0.355. The molecule has 2 aromatic carbocycles. The van der Waals surface area contributed by atoms with E-state index in [0.29, 0.717) is 0 Å². The summed E-state index contributed by atoms with van der Waals surface area (Å²) in [6, 6.07) is 28.6. The van der Waals surface area contributed by atoms with Crippen LogP contribution in [0.1, 0.15) is 11.3 Å². The number of rotatable bonds is 3. The number of aromatic nitrogens is 4. The lowest BCUT2D eigenvalue weighted by molar-refractivity contribution is 1.11. The largest absolute Gasteiger partial charge is 0.337 e. The summed E-state index contributed by atoms with van der Waals surface area (Å²) in [6.07, 6.45) is 4.48. The van der Waals surface area contributed by atoms with Crippen molar-refractivity contribution in [3.8, 4) is 10.7 Å². The van der Waals surface area contributed by atoms with Crippen molar-refractivity contribution in [1.29, 1.82) is 0 Å². The molecule has 6 rings (SSSR count). The Hall–Kier alpha value is -3.83. The first-order chi connectivity index (χ1) is 15.3. The normalized spacial score (nSPS) is 10.7. The predicted octanol–water partition coefficient (Wildman–Crippen LogP) is 6.51. The Morgan fingerprint density at radius 1 is 0.742 bits per heavy atom. The standard InChI is InChI=1S/C17H13N3S.C9H7N/c1-2-5-12(6-3-1)9-14-11-21-17(19-14)15-10-13-7-4-8-18-16(13)20-15;1-2-6-9-8(4-1)5-3-7-10-9/h1-8,10-11H,9H2,(H,18,20);1-7H. The highest BCUT2D eigenvalue weighted by Crippen LogP contribution is 2.26. The average molecular weight is 421 g/mol. The number of pyridine rings is 2. The number of aromatic amines is 1. The number of H-pyrrole nitrogens is 1. The van der Waals surface area contributed by atoms with Gasteiger partial charge in [-0.15, -0.1) is 11.3 Å². The van der Waals surface area contributed by atoms with Gasteiger partial charge in [0.05, 0.1) is 16.9 Å². The average Bonchev–Trinajstić information content (AvgIpc) is 3.47. The molecule has 4 aromatic heterocycles. The molecule has 150 valence electrons. The van der Waals surface area contributed by atoms with Crippen molar-refractivity contribution in [2.75, 3.05) is 0 Å². The molecule has 4 nitrogen and oxygen atoms in total. The molecule has 0 radical (unpaired) electrons. The van der Waals surface area contributed by atoms with Gasteiger partial charge in [-0.2, -0.15) is 0 Å². The number of benzene rings is 2. The molecule has 0 fully saturated rings. The minimum Gasteiger partial charge on any atom is -0.337 e. The number of nitrogens with zero attached hydrogens (tertiary/aromatic N) is 3. The molecule has 0 saturated heterocycles. The van der Waals surface area contributed by atoms with Crippen molar-refractivity contribution in [3.05, 3.63) is 114 Å². The van der Waals surface area contributed by atoms with E-state index in [4.69, 9.17) is 4.98 Å². The van der Waals surface area contributed by atoms with Crippen LogP contribution in [0.4, 0.5) is 0 Å². The van der Waals surface area contributed by atoms with Crippen LogP contribution in [-0.2, 0) is 6.42 Å². The van der Waals surface area contributed by atoms with Crippen molar-refractivity contribution in [3.63, 3.8) is 0 Å². The molecule has 0 bridgehead atoms. The van der Waals surface area contributed by atoms with E-state index in [0.717, 1.165) is 39.4 Å². The van der Waals surface area contributed by atoms with Gasteiger partial charge in [-0.3, -0.25) is 4.98 Å². The summed E-state index contributed by atoms with van der Waals surface area (Å²) in [5.74, 6) is 0. The van der Waals surface area contributed by atoms with E-state index in [-0.39, 0.29) is 0 Å². The molecule has 0 atom stereocenters. The number of thiazole rings is 1. The maximum atomic E-state index is 4.73. The Kier molecular flexibility index (Phi) is 5.50. The van der Waals surface area contributed by atoms with Crippen molar-refractivity contribution >= 4 is 33.3 Å². The van der Waals surface area contributed by atoms with Gasteiger partial charge in [-0.05, 0) is 35.9 Å². The molecule has 6 aromatic rings. The van der Waals surface area contributed by atoms with E-state index >= 15 is 0 Å². The highest BCUT2D eigenvalue weighted by molar-refractivity contribution is 7.13. The summed E-state index contributed by atoms with van der Waals surface area (Å²) in [7, 11) is 0. The Morgan fingerprint density at radius 3 is 2.32 bits per heavy atom. The second kappa shape index (κ2) is 8.90. The monoisotopic (exact) mass is 420 g/mol. The fourth-order valence-corrected chi connectivity index (χ4v) is 4.20. The number of hydrogen-bond acceptors (Lipinski definition) is 4. The third-order valence-corrected chi connectivity index (χ3v) is 5.84. The SMILES string of the molecule is c1ccc(Cc2csc(-c3cc4cccnc4[nH]3)n2)cc1.c1ccc2ncccc2c1. The number of fused-ring (bicyclic) bond motifs is 2. The molecule has 0 aliphatic carbocycles. The highest BCUT2D eigenvalue weighted by Gasteiger charge is 2.08. The molecular formula is C26H20N4S. The minimum atomic E-state index is 0.871. The number of hydrogen-bond donors (Lipinski definition) is 1. The summed E-state index contributed by atoms with van der Waals surface area (Å²) in [6.45, 7) is 0. The smallest absolute Gasteiger partial charge is 0.140 e. The van der Waals surface area contributed by atoms with Gasteiger partial charge in [0.15, 0.2) is 0 Å². The molecule has 1 N–H and O–H groups in total. The van der Waals surface area contributed by atoms with Gasteiger partial charge in [-0.1, -0.05) is 54.6 Å². The fraction of sp³-hybridized carbons (Fsp3) is 0.0385. The Bertz CT molecular complexity index is 1320. The topological polar surface area (TPSA) is 54.5 Å².